The molecule has 7 heteroatoms. The van der Waals surface area contributed by atoms with Gasteiger partial charge in [0.1, 0.15) is 0 Å². The Hall–Kier alpha value is -3.88. The van der Waals surface area contributed by atoms with Gasteiger partial charge in [-0.3, -0.25) is 9.78 Å². The summed E-state index contributed by atoms with van der Waals surface area (Å²) in [6, 6.07) is 28.4. The van der Waals surface area contributed by atoms with Crippen molar-refractivity contribution < 1.29 is 19.4 Å². The van der Waals surface area contributed by atoms with Crippen LogP contribution in [0.2, 0.25) is 0 Å². The molecule has 0 radical (unpaired) electrons. The molecule has 4 aromatic rings. The van der Waals surface area contributed by atoms with Crippen molar-refractivity contribution >= 4 is 5.91 Å². The van der Waals surface area contributed by atoms with Crippen LogP contribution in [0, 0.1) is 5.92 Å². The fourth-order valence-corrected chi connectivity index (χ4v) is 7.66. The highest BCUT2D eigenvalue weighted by molar-refractivity contribution is 5.93. The average Bonchev–Trinajstić information content (AvgIpc) is 3.23. The summed E-state index contributed by atoms with van der Waals surface area (Å²) in [5.41, 5.74) is 6.70. The second kappa shape index (κ2) is 23.2. The van der Waals surface area contributed by atoms with Crippen molar-refractivity contribution in [3.8, 4) is 11.1 Å². The normalized spacial score (nSPS) is 18.4. The number of ether oxygens (including phenoxy) is 2. The van der Waals surface area contributed by atoms with Crippen molar-refractivity contribution in [1.29, 1.82) is 0 Å². The van der Waals surface area contributed by atoms with E-state index in [1.165, 1.54) is 77.0 Å². The quantitative estimate of drug-likeness (QED) is 0.0735. The summed E-state index contributed by atoms with van der Waals surface area (Å²) in [5, 5.41) is 12.8. The van der Waals surface area contributed by atoms with E-state index in [0.717, 1.165) is 53.0 Å². The van der Waals surface area contributed by atoms with Gasteiger partial charge in [0.05, 0.1) is 24.4 Å². The minimum atomic E-state index is -0.517. The van der Waals surface area contributed by atoms with Gasteiger partial charge in [-0.05, 0) is 65.9 Å². The summed E-state index contributed by atoms with van der Waals surface area (Å²) in [6.45, 7) is 10.3. The predicted octanol–water partition coefficient (Wildman–Crippen LogP) is 11.0. The van der Waals surface area contributed by atoms with Crippen LogP contribution in [0.25, 0.3) is 11.1 Å². The second-order valence-corrected chi connectivity index (χ2v) is 15.4. The lowest BCUT2D eigenvalue weighted by atomic mass is 9.89. The number of hydrogen-bond acceptors (Lipinski definition) is 6. The lowest BCUT2D eigenvalue weighted by Gasteiger charge is -2.43. The van der Waals surface area contributed by atoms with Gasteiger partial charge >= 0.3 is 0 Å². The molecule has 4 atom stereocenters. The van der Waals surface area contributed by atoms with E-state index < -0.39 is 6.29 Å². The number of benzene rings is 3. The van der Waals surface area contributed by atoms with Crippen molar-refractivity contribution in [3.63, 3.8) is 0 Å². The van der Waals surface area contributed by atoms with Crippen LogP contribution in [0.1, 0.15) is 143 Å². The minimum absolute atomic E-state index is 0.00900. The van der Waals surface area contributed by atoms with Crippen LogP contribution >= 0.6 is 0 Å². The average molecular weight is 748 g/mol. The maximum atomic E-state index is 12.8. The minimum Gasteiger partial charge on any atom is -0.392 e. The topological polar surface area (TPSA) is 83.9 Å². The lowest BCUT2D eigenvalue weighted by molar-refractivity contribution is -0.276. The number of amides is 1. The monoisotopic (exact) mass is 747 g/mol. The molecule has 0 spiro atoms. The molecule has 1 amide bonds. The van der Waals surface area contributed by atoms with Gasteiger partial charge < -0.3 is 24.8 Å². The Morgan fingerprint density at radius 3 is 2.02 bits per heavy atom. The Bertz CT molecular complexity index is 1650. The number of rotatable bonds is 23. The van der Waals surface area contributed by atoms with Crippen molar-refractivity contribution in [2.24, 2.45) is 5.92 Å². The van der Waals surface area contributed by atoms with Crippen LogP contribution in [0.15, 0.2) is 97.3 Å². The van der Waals surface area contributed by atoms with E-state index in [0.29, 0.717) is 12.1 Å². The Kier molecular flexibility index (Phi) is 17.9. The molecule has 1 fully saturated rings. The number of nitrogens with zero attached hydrogens (tertiary/aromatic N) is 2. The summed E-state index contributed by atoms with van der Waals surface area (Å²) in [5.74, 6) is -0.00689. The third-order valence-electron chi connectivity index (χ3n) is 11.1. The molecule has 0 bridgehead atoms. The molecular formula is C48H65N3O4. The van der Waals surface area contributed by atoms with Crippen molar-refractivity contribution in [1.82, 2.24) is 15.2 Å². The molecule has 1 aliphatic rings. The van der Waals surface area contributed by atoms with Gasteiger partial charge in [0.25, 0.3) is 5.91 Å². The molecular weight excluding hydrogens is 683 g/mol. The standard InChI is InChI=1S/C48H65N3O4/c1-4-6-8-10-12-16-31-51(32-17-13-11-9-7-5-2)35-45-37(3)46(40-24-22-38(36-52)23-25-40)55-48(54-45)41-28-26-39(27-29-41)44-21-15-14-19-42(44)34-50-47(53)43-20-18-30-49-33-43/h14-15,18-30,33,37,45-46,48,52H,4-13,16-17,31-32,34-36H2,1-3H3,(H,50,53)/t37-,45+,46+,48+/m1/s1. The molecule has 1 aliphatic heterocycles. The number of hydrogen-bond donors (Lipinski definition) is 2. The highest BCUT2D eigenvalue weighted by atomic mass is 16.7. The number of aromatic nitrogens is 1. The van der Waals surface area contributed by atoms with E-state index in [4.69, 9.17) is 9.47 Å². The van der Waals surface area contributed by atoms with Crippen LogP contribution in [0.5, 0.6) is 0 Å². The Morgan fingerprint density at radius 2 is 1.38 bits per heavy atom. The zero-order chi connectivity index (χ0) is 38.7. The molecule has 1 saturated heterocycles. The summed E-state index contributed by atoms with van der Waals surface area (Å²) >= 11 is 0. The molecule has 55 heavy (non-hydrogen) atoms. The summed E-state index contributed by atoms with van der Waals surface area (Å²) in [6.07, 6.45) is 18.1. The third kappa shape index (κ3) is 13.1. The van der Waals surface area contributed by atoms with Gasteiger partial charge in [0.15, 0.2) is 6.29 Å². The molecule has 0 unspecified atom stereocenters. The number of carbonyl (C=O) groups is 1. The molecule has 5 rings (SSSR count). The molecule has 296 valence electrons. The van der Waals surface area contributed by atoms with Crippen LogP contribution in [0.3, 0.4) is 0 Å². The first kappa shape index (κ1) is 42.3. The Labute approximate surface area is 330 Å². The van der Waals surface area contributed by atoms with Gasteiger partial charge in [0.2, 0.25) is 0 Å². The lowest BCUT2D eigenvalue weighted by Crippen LogP contribution is -2.45. The first-order valence-corrected chi connectivity index (χ1v) is 21.1. The number of nitrogens with one attached hydrogen (secondary N) is 1. The van der Waals surface area contributed by atoms with Crippen LogP contribution in [-0.2, 0) is 22.6 Å². The van der Waals surface area contributed by atoms with Crippen molar-refractivity contribution in [2.45, 2.75) is 129 Å². The van der Waals surface area contributed by atoms with Crippen LogP contribution < -0.4 is 5.32 Å². The number of carbonyl (C=O) groups excluding carboxylic acids is 1. The molecule has 0 aliphatic carbocycles. The predicted molar refractivity (Wildman–Crippen MR) is 223 cm³/mol. The van der Waals surface area contributed by atoms with E-state index >= 15 is 0 Å². The van der Waals surface area contributed by atoms with E-state index in [2.05, 4.69) is 84.5 Å². The number of unbranched alkanes of at least 4 members (excludes halogenated alkanes) is 10. The molecule has 7 nitrogen and oxygen atoms in total. The first-order chi connectivity index (χ1) is 27.0. The molecule has 2 heterocycles. The molecule has 0 saturated carbocycles. The number of aliphatic hydroxyl groups is 1. The highest BCUT2D eigenvalue weighted by Gasteiger charge is 2.39. The molecule has 2 N–H and O–H groups in total. The fourth-order valence-electron chi connectivity index (χ4n) is 7.66. The van der Waals surface area contributed by atoms with E-state index in [9.17, 15) is 9.90 Å². The summed E-state index contributed by atoms with van der Waals surface area (Å²) in [4.78, 5) is 19.5. The Morgan fingerprint density at radius 1 is 0.745 bits per heavy atom. The van der Waals surface area contributed by atoms with Crippen molar-refractivity contribution in [3.05, 3.63) is 125 Å². The summed E-state index contributed by atoms with van der Waals surface area (Å²) in [7, 11) is 0. The smallest absolute Gasteiger partial charge is 0.253 e. The van der Waals surface area contributed by atoms with Crippen molar-refractivity contribution in [2.75, 3.05) is 19.6 Å². The highest BCUT2D eigenvalue weighted by Crippen LogP contribution is 2.42. The van der Waals surface area contributed by atoms with Gasteiger partial charge in [-0.2, -0.15) is 0 Å². The molecule has 1 aromatic heterocycles. The molecule has 3 aromatic carbocycles. The summed E-state index contributed by atoms with van der Waals surface area (Å²) < 4.78 is 13.8. The maximum absolute atomic E-state index is 12.8. The van der Waals surface area contributed by atoms with Gasteiger partial charge in [-0.15, -0.1) is 0 Å². The number of aliphatic hydroxyl groups excluding tert-OH is 1. The third-order valence-corrected chi connectivity index (χ3v) is 11.1. The van der Waals surface area contributed by atoms with Crippen LogP contribution in [0.4, 0.5) is 0 Å². The number of pyridine rings is 1. The van der Waals surface area contributed by atoms with Crippen LogP contribution in [-0.4, -0.2) is 46.6 Å². The largest absolute Gasteiger partial charge is 0.392 e. The van der Waals surface area contributed by atoms with Gasteiger partial charge in [0, 0.05) is 37.0 Å². The van der Waals surface area contributed by atoms with E-state index in [1.807, 2.05) is 24.3 Å². The zero-order valence-electron chi connectivity index (χ0n) is 33.6. The first-order valence-electron chi connectivity index (χ1n) is 21.1. The maximum Gasteiger partial charge on any atom is 0.253 e. The van der Waals surface area contributed by atoms with Gasteiger partial charge in [-0.1, -0.05) is 158 Å². The van der Waals surface area contributed by atoms with E-state index in [1.54, 1.807) is 24.5 Å². The zero-order valence-corrected chi connectivity index (χ0v) is 33.6. The van der Waals surface area contributed by atoms with Gasteiger partial charge in [-0.25, -0.2) is 0 Å². The fraction of sp³-hybridized carbons (Fsp3) is 0.500. The Balaban J connectivity index is 1.32. The second-order valence-electron chi connectivity index (χ2n) is 15.4. The SMILES string of the molecule is CCCCCCCCN(CCCCCCCC)C[C@@H]1O[C@H](c2ccc(-c3ccccc3CNC(=O)c3cccnc3)cc2)O[C@H](c2ccc(CO)cc2)[C@@H]1C. The van der Waals surface area contributed by atoms with E-state index in [-0.39, 0.29) is 30.6 Å².